The maximum atomic E-state index is 11.3. The van der Waals surface area contributed by atoms with E-state index in [-0.39, 0.29) is 12.0 Å². The quantitative estimate of drug-likeness (QED) is 0.456. The lowest BCUT2D eigenvalue weighted by molar-refractivity contribution is -0.146. The third-order valence-corrected chi connectivity index (χ3v) is 2.13. The summed E-state index contributed by atoms with van der Waals surface area (Å²) in [4.78, 5) is 11.3. The Balaban J connectivity index is 2.09. The average Bonchev–Trinajstić information content (AvgIpc) is 2.59. The first-order valence-electron chi connectivity index (χ1n) is 4.81. The third kappa shape index (κ3) is 3.61. The molecule has 0 amide bonds. The van der Waals surface area contributed by atoms with Gasteiger partial charge in [0.2, 0.25) is 0 Å². The largest absolute Gasteiger partial charge is 0.464 e. The van der Waals surface area contributed by atoms with Gasteiger partial charge in [-0.25, -0.2) is 0 Å². The van der Waals surface area contributed by atoms with Crippen LogP contribution < -0.4 is 5.32 Å². The predicted molar refractivity (Wildman–Crippen MR) is 49.9 cm³/mol. The molecule has 1 saturated heterocycles. The van der Waals surface area contributed by atoms with Crippen LogP contribution in [0.25, 0.3) is 0 Å². The molecule has 0 aliphatic carbocycles. The second-order valence-corrected chi connectivity index (χ2v) is 3.36. The molecule has 0 aromatic rings. The molecular weight excluding hydrogens is 186 g/mol. The minimum atomic E-state index is -0.425. The van der Waals surface area contributed by atoms with Crippen LogP contribution in [0.1, 0.15) is 12.8 Å². The highest BCUT2D eigenvalue weighted by Gasteiger charge is 2.28. The lowest BCUT2D eigenvalue weighted by Gasteiger charge is -2.09. The first-order chi connectivity index (χ1) is 6.74. The number of nitrogens with one attached hydrogen (secondary N) is 1. The van der Waals surface area contributed by atoms with Gasteiger partial charge in [-0.1, -0.05) is 0 Å². The van der Waals surface area contributed by atoms with E-state index in [9.17, 15) is 4.79 Å². The van der Waals surface area contributed by atoms with Crippen molar-refractivity contribution in [2.24, 2.45) is 0 Å². The molecule has 1 heterocycles. The Morgan fingerprint density at radius 1 is 1.57 bits per heavy atom. The molecule has 0 aromatic heterocycles. The molecule has 0 spiro atoms. The topological polar surface area (TPSA) is 67.8 Å². The number of hydrogen-bond donors (Lipinski definition) is 2. The van der Waals surface area contributed by atoms with Crippen molar-refractivity contribution in [1.29, 1.82) is 0 Å². The summed E-state index contributed by atoms with van der Waals surface area (Å²) in [6.07, 6.45) is 0.729. The summed E-state index contributed by atoms with van der Waals surface area (Å²) >= 11 is 0. The second-order valence-electron chi connectivity index (χ2n) is 3.36. The van der Waals surface area contributed by atoms with E-state index in [1.165, 1.54) is 0 Å². The van der Waals surface area contributed by atoms with E-state index in [0.717, 1.165) is 0 Å². The van der Waals surface area contributed by atoms with Crippen molar-refractivity contribution in [3.63, 3.8) is 0 Å². The Hall–Kier alpha value is -0.650. The molecule has 5 nitrogen and oxygen atoms in total. The number of β-amino-alcohol motifs (C(OH)–C–C–N with tert-alkyl or cyclic N) is 1. The van der Waals surface area contributed by atoms with Gasteiger partial charge in [0, 0.05) is 33.1 Å². The Morgan fingerprint density at radius 3 is 2.93 bits per heavy atom. The molecule has 0 saturated carbocycles. The molecule has 14 heavy (non-hydrogen) atoms. The number of methoxy groups -OCH3 is 1. The molecule has 2 atom stereocenters. The Morgan fingerprint density at radius 2 is 2.36 bits per heavy atom. The number of aliphatic hydroxyl groups is 1. The molecule has 1 aliphatic rings. The average molecular weight is 203 g/mol. The number of carbonyl (C=O) groups excluding carboxylic acids is 1. The molecule has 2 N–H and O–H groups in total. The van der Waals surface area contributed by atoms with Gasteiger partial charge in [-0.2, -0.15) is 0 Å². The fraction of sp³-hybridized carbons (Fsp3) is 0.889. The van der Waals surface area contributed by atoms with Crippen molar-refractivity contribution >= 4 is 5.97 Å². The van der Waals surface area contributed by atoms with E-state index in [1.54, 1.807) is 7.11 Å². The molecule has 1 fully saturated rings. The van der Waals surface area contributed by atoms with Gasteiger partial charge in [-0.15, -0.1) is 0 Å². The van der Waals surface area contributed by atoms with E-state index in [1.807, 2.05) is 0 Å². The molecular formula is C9H17NO4. The Labute approximate surface area is 83.4 Å². The number of ether oxygens (including phenoxy) is 2. The highest BCUT2D eigenvalue weighted by atomic mass is 16.5. The zero-order valence-electron chi connectivity index (χ0n) is 8.36. The summed E-state index contributed by atoms with van der Waals surface area (Å²) in [5.74, 6) is -0.280. The number of carbonyl (C=O) groups is 1. The van der Waals surface area contributed by atoms with Crippen LogP contribution in [-0.2, 0) is 14.3 Å². The van der Waals surface area contributed by atoms with E-state index in [4.69, 9.17) is 14.6 Å². The summed E-state index contributed by atoms with van der Waals surface area (Å²) in [5, 5.41) is 12.1. The highest BCUT2D eigenvalue weighted by molar-refractivity contribution is 5.76. The lowest BCUT2D eigenvalue weighted by Crippen LogP contribution is -2.32. The van der Waals surface area contributed by atoms with Gasteiger partial charge in [0.25, 0.3) is 0 Å². The number of esters is 1. The lowest BCUT2D eigenvalue weighted by atomic mass is 10.2. The molecule has 0 radical (unpaired) electrons. The van der Waals surface area contributed by atoms with Crippen LogP contribution in [0.2, 0.25) is 0 Å². The predicted octanol–water partition coefficient (Wildman–Crippen LogP) is -0.711. The molecule has 0 aromatic carbocycles. The van der Waals surface area contributed by atoms with Crippen LogP contribution in [0.4, 0.5) is 0 Å². The summed E-state index contributed by atoms with van der Waals surface area (Å²) in [6, 6.07) is -0.340. The van der Waals surface area contributed by atoms with Crippen molar-refractivity contribution in [3.8, 4) is 0 Å². The summed E-state index contributed by atoms with van der Waals surface area (Å²) in [6.45, 7) is 1.44. The van der Waals surface area contributed by atoms with E-state index in [2.05, 4.69) is 5.32 Å². The number of rotatable bonds is 5. The minimum absolute atomic E-state index is 0.280. The fourth-order valence-electron chi connectivity index (χ4n) is 1.37. The zero-order chi connectivity index (χ0) is 10.4. The monoisotopic (exact) mass is 203 g/mol. The first-order valence-corrected chi connectivity index (χ1v) is 4.81. The van der Waals surface area contributed by atoms with Gasteiger partial charge < -0.3 is 19.9 Å². The zero-order valence-corrected chi connectivity index (χ0v) is 8.36. The van der Waals surface area contributed by atoms with Gasteiger partial charge in [0.05, 0.1) is 12.7 Å². The maximum absolute atomic E-state index is 11.3. The van der Waals surface area contributed by atoms with Crippen molar-refractivity contribution in [2.75, 3.05) is 26.9 Å². The molecule has 82 valence electrons. The molecule has 0 unspecified atom stereocenters. The van der Waals surface area contributed by atoms with Gasteiger partial charge in [0.1, 0.15) is 6.04 Å². The molecule has 1 rings (SSSR count). The smallest absolute Gasteiger partial charge is 0.323 e. The van der Waals surface area contributed by atoms with Crippen molar-refractivity contribution in [1.82, 2.24) is 5.32 Å². The molecule has 5 heteroatoms. The Kier molecular flexibility index (Phi) is 4.86. The van der Waals surface area contributed by atoms with Crippen LogP contribution in [-0.4, -0.2) is 50.1 Å². The molecule has 0 bridgehead atoms. The second kappa shape index (κ2) is 5.95. The van der Waals surface area contributed by atoms with E-state index >= 15 is 0 Å². The number of aliphatic hydroxyl groups excluding tert-OH is 1. The summed E-state index contributed by atoms with van der Waals surface area (Å²) in [5.41, 5.74) is 0. The SMILES string of the molecule is COCCCOC(=O)[C@@H]1C[C@H](O)CN1. The normalized spacial score (nSPS) is 26.4. The summed E-state index contributed by atoms with van der Waals surface area (Å²) in [7, 11) is 1.61. The van der Waals surface area contributed by atoms with Crippen LogP contribution >= 0.6 is 0 Å². The maximum Gasteiger partial charge on any atom is 0.323 e. The number of hydrogen-bond acceptors (Lipinski definition) is 5. The third-order valence-electron chi connectivity index (χ3n) is 2.13. The van der Waals surface area contributed by atoms with Crippen LogP contribution in [0.3, 0.4) is 0 Å². The molecule has 1 aliphatic heterocycles. The fourth-order valence-corrected chi connectivity index (χ4v) is 1.37. The van der Waals surface area contributed by atoms with Crippen molar-refractivity contribution in [3.05, 3.63) is 0 Å². The summed E-state index contributed by atoms with van der Waals surface area (Å²) < 4.78 is 9.80. The van der Waals surface area contributed by atoms with Crippen LogP contribution in [0.5, 0.6) is 0 Å². The highest BCUT2D eigenvalue weighted by Crippen LogP contribution is 2.07. The van der Waals surface area contributed by atoms with Crippen LogP contribution in [0.15, 0.2) is 0 Å². The first kappa shape index (κ1) is 11.4. The van der Waals surface area contributed by atoms with Crippen molar-refractivity contribution in [2.45, 2.75) is 25.0 Å². The standard InChI is InChI=1S/C9H17NO4/c1-13-3-2-4-14-9(12)8-5-7(11)6-10-8/h7-8,10-11H,2-6H2,1H3/t7-,8-/m0/s1. The van der Waals surface area contributed by atoms with Gasteiger partial charge >= 0.3 is 5.97 Å². The van der Waals surface area contributed by atoms with E-state index < -0.39 is 6.10 Å². The minimum Gasteiger partial charge on any atom is -0.464 e. The van der Waals surface area contributed by atoms with Gasteiger partial charge in [0.15, 0.2) is 0 Å². The van der Waals surface area contributed by atoms with Gasteiger partial charge in [-0.05, 0) is 0 Å². The Bertz CT molecular complexity index is 186. The van der Waals surface area contributed by atoms with Crippen molar-refractivity contribution < 1.29 is 19.4 Å². The van der Waals surface area contributed by atoms with E-state index in [0.29, 0.717) is 32.6 Å². The van der Waals surface area contributed by atoms with Crippen LogP contribution in [0, 0.1) is 0 Å². The van der Waals surface area contributed by atoms with Gasteiger partial charge in [-0.3, -0.25) is 4.79 Å².